The first-order valence-corrected chi connectivity index (χ1v) is 9.60. The van der Waals surface area contributed by atoms with Gasteiger partial charge in [-0.25, -0.2) is 8.42 Å². The Morgan fingerprint density at radius 3 is 2.41 bits per heavy atom. The molecule has 0 aromatic heterocycles. The Morgan fingerprint density at radius 1 is 1.05 bits per heavy atom. The van der Waals surface area contributed by atoms with E-state index in [9.17, 15) is 8.42 Å². The molecule has 0 fully saturated rings. The lowest BCUT2D eigenvalue weighted by atomic mass is 10.0. The van der Waals surface area contributed by atoms with Crippen LogP contribution in [0.4, 0.5) is 0 Å². The Bertz CT molecular complexity index is 712. The summed E-state index contributed by atoms with van der Waals surface area (Å²) in [5.74, 6) is 0.673. The molecule has 0 amide bonds. The number of halogens is 1. The van der Waals surface area contributed by atoms with E-state index in [1.807, 2.05) is 30.3 Å². The van der Waals surface area contributed by atoms with Gasteiger partial charge in [0.15, 0.2) is 0 Å². The molecule has 0 aliphatic rings. The molecule has 0 heterocycles. The van der Waals surface area contributed by atoms with E-state index in [-0.39, 0.29) is 4.90 Å². The maximum Gasteiger partial charge on any atom is 0.261 e. The van der Waals surface area contributed by atoms with Crippen LogP contribution in [0.2, 0.25) is 0 Å². The van der Waals surface area contributed by atoms with Gasteiger partial charge < -0.3 is 4.74 Å². The summed E-state index contributed by atoms with van der Waals surface area (Å²) in [6.45, 7) is 2.75. The van der Waals surface area contributed by atoms with Gasteiger partial charge in [-0.3, -0.25) is 0 Å². The predicted octanol–water partition coefficient (Wildman–Crippen LogP) is 4.85. The van der Waals surface area contributed by atoms with Crippen LogP contribution in [-0.2, 0) is 9.05 Å². The summed E-state index contributed by atoms with van der Waals surface area (Å²) < 4.78 is 28.9. The van der Waals surface area contributed by atoms with Crippen LogP contribution < -0.4 is 4.74 Å². The normalized spacial score (nSPS) is 11.4. The van der Waals surface area contributed by atoms with Crippen molar-refractivity contribution in [3.8, 4) is 16.9 Å². The largest absolute Gasteiger partial charge is 0.493 e. The van der Waals surface area contributed by atoms with Gasteiger partial charge in [-0.05, 0) is 30.2 Å². The van der Waals surface area contributed by atoms with Crippen molar-refractivity contribution in [1.29, 1.82) is 0 Å². The number of hydrogen-bond donors (Lipinski definition) is 0. The van der Waals surface area contributed by atoms with Gasteiger partial charge in [0.25, 0.3) is 9.05 Å². The maximum absolute atomic E-state index is 11.6. The highest BCUT2D eigenvalue weighted by Gasteiger charge is 2.15. The molecule has 0 unspecified atom stereocenters. The Balaban J connectivity index is 2.36. The van der Waals surface area contributed by atoms with Crippen LogP contribution in [-0.4, -0.2) is 15.0 Å². The number of hydrogen-bond acceptors (Lipinski definition) is 3. The Kier molecular flexibility index (Phi) is 5.86. The second-order valence-corrected chi connectivity index (χ2v) is 7.58. The predicted molar refractivity (Wildman–Crippen MR) is 89.9 cm³/mol. The van der Waals surface area contributed by atoms with Gasteiger partial charge in [0.1, 0.15) is 5.75 Å². The van der Waals surface area contributed by atoms with Gasteiger partial charge in [0.2, 0.25) is 0 Å². The average molecular weight is 339 g/mol. The molecule has 22 heavy (non-hydrogen) atoms. The van der Waals surface area contributed by atoms with Gasteiger partial charge in [0, 0.05) is 16.2 Å². The summed E-state index contributed by atoms with van der Waals surface area (Å²) in [5.41, 5.74) is 1.63. The first-order valence-electron chi connectivity index (χ1n) is 7.29. The fraction of sp³-hybridized carbons (Fsp3) is 0.294. The van der Waals surface area contributed by atoms with Gasteiger partial charge in [-0.2, -0.15) is 0 Å². The fourth-order valence-corrected chi connectivity index (χ4v) is 2.94. The summed E-state index contributed by atoms with van der Waals surface area (Å²) in [7, 11) is 1.68. The molecule has 0 bridgehead atoms. The van der Waals surface area contributed by atoms with Gasteiger partial charge in [-0.1, -0.05) is 50.1 Å². The van der Waals surface area contributed by atoms with E-state index in [0.717, 1.165) is 30.4 Å². The Labute approximate surface area is 136 Å². The highest BCUT2D eigenvalue weighted by molar-refractivity contribution is 8.13. The lowest BCUT2D eigenvalue weighted by Crippen LogP contribution is -2.00. The van der Waals surface area contributed by atoms with Gasteiger partial charge in [0.05, 0.1) is 11.5 Å². The van der Waals surface area contributed by atoms with Crippen molar-refractivity contribution in [2.45, 2.75) is 31.1 Å². The third-order valence-corrected chi connectivity index (χ3v) is 4.67. The quantitative estimate of drug-likeness (QED) is 0.535. The summed E-state index contributed by atoms with van der Waals surface area (Å²) in [4.78, 5) is 0.0777. The van der Waals surface area contributed by atoms with Crippen LogP contribution in [0.5, 0.6) is 5.75 Å². The smallest absolute Gasteiger partial charge is 0.261 e. The van der Waals surface area contributed by atoms with Crippen LogP contribution in [0.3, 0.4) is 0 Å². The third kappa shape index (κ3) is 4.49. The van der Waals surface area contributed by atoms with Crippen LogP contribution in [0.15, 0.2) is 53.4 Å². The van der Waals surface area contributed by atoms with Gasteiger partial charge >= 0.3 is 0 Å². The van der Waals surface area contributed by atoms with Crippen molar-refractivity contribution in [2.75, 3.05) is 6.61 Å². The van der Waals surface area contributed by atoms with E-state index in [1.165, 1.54) is 6.07 Å². The Morgan fingerprint density at radius 2 is 1.77 bits per heavy atom. The van der Waals surface area contributed by atoms with Crippen molar-refractivity contribution in [3.05, 3.63) is 48.5 Å². The first-order chi connectivity index (χ1) is 10.5. The molecule has 0 atom stereocenters. The number of unbranched alkanes of at least 4 members (excludes halogenated alkanes) is 2. The monoisotopic (exact) mass is 338 g/mol. The van der Waals surface area contributed by atoms with Crippen LogP contribution in [0.25, 0.3) is 11.1 Å². The Hall–Kier alpha value is -1.52. The zero-order valence-electron chi connectivity index (χ0n) is 12.5. The van der Waals surface area contributed by atoms with E-state index in [4.69, 9.17) is 15.4 Å². The van der Waals surface area contributed by atoms with E-state index in [0.29, 0.717) is 12.4 Å². The molecule has 2 rings (SSSR count). The second-order valence-electron chi connectivity index (χ2n) is 5.02. The summed E-state index contributed by atoms with van der Waals surface area (Å²) in [5, 5.41) is 0. The van der Waals surface area contributed by atoms with E-state index in [1.54, 1.807) is 12.1 Å². The maximum atomic E-state index is 11.6. The molecular formula is C17H19ClO3S. The molecule has 118 valence electrons. The number of ether oxygens (including phenoxy) is 1. The zero-order chi connectivity index (χ0) is 16.0. The van der Waals surface area contributed by atoms with Crippen LogP contribution in [0.1, 0.15) is 26.2 Å². The topological polar surface area (TPSA) is 43.4 Å². The second kappa shape index (κ2) is 7.65. The molecule has 0 saturated carbocycles. The molecule has 0 spiro atoms. The van der Waals surface area contributed by atoms with E-state index < -0.39 is 9.05 Å². The standard InChI is InChI=1S/C17H19ClO3S/c1-2-3-7-12-21-17-11-10-15(22(18,19)20)13-16(17)14-8-5-4-6-9-14/h4-6,8-11,13H,2-3,7,12H2,1H3. The lowest BCUT2D eigenvalue weighted by molar-refractivity contribution is 0.307. The minimum Gasteiger partial charge on any atom is -0.493 e. The number of rotatable bonds is 7. The number of benzene rings is 2. The molecule has 0 saturated heterocycles. The molecule has 3 nitrogen and oxygen atoms in total. The zero-order valence-corrected chi connectivity index (χ0v) is 14.0. The first kappa shape index (κ1) is 16.8. The van der Waals surface area contributed by atoms with E-state index >= 15 is 0 Å². The molecule has 5 heteroatoms. The molecule has 0 radical (unpaired) electrons. The SMILES string of the molecule is CCCCCOc1ccc(S(=O)(=O)Cl)cc1-c1ccccc1. The van der Waals surface area contributed by atoms with Crippen molar-refractivity contribution in [3.63, 3.8) is 0 Å². The van der Waals surface area contributed by atoms with Crippen LogP contribution >= 0.6 is 10.7 Å². The van der Waals surface area contributed by atoms with Crippen molar-refractivity contribution in [2.24, 2.45) is 0 Å². The molecule has 2 aromatic carbocycles. The molecule has 0 N–H and O–H groups in total. The van der Waals surface area contributed by atoms with E-state index in [2.05, 4.69) is 6.92 Å². The molecular weight excluding hydrogens is 320 g/mol. The average Bonchev–Trinajstić information content (AvgIpc) is 2.51. The molecule has 0 aliphatic carbocycles. The fourth-order valence-electron chi connectivity index (χ4n) is 2.16. The lowest BCUT2D eigenvalue weighted by Gasteiger charge is -2.13. The highest BCUT2D eigenvalue weighted by Crippen LogP contribution is 2.33. The van der Waals surface area contributed by atoms with Gasteiger partial charge in [-0.15, -0.1) is 0 Å². The summed E-state index contributed by atoms with van der Waals surface area (Å²) in [6.07, 6.45) is 3.20. The van der Waals surface area contributed by atoms with Crippen molar-refractivity contribution in [1.82, 2.24) is 0 Å². The summed E-state index contributed by atoms with van der Waals surface area (Å²) >= 11 is 0. The minimum absolute atomic E-state index is 0.0777. The van der Waals surface area contributed by atoms with Crippen LogP contribution in [0, 0.1) is 0 Å². The molecule has 0 aliphatic heterocycles. The van der Waals surface area contributed by atoms with Crippen molar-refractivity contribution >= 4 is 19.7 Å². The minimum atomic E-state index is -3.76. The highest BCUT2D eigenvalue weighted by atomic mass is 35.7. The van der Waals surface area contributed by atoms with Crippen molar-refractivity contribution < 1.29 is 13.2 Å². The third-order valence-electron chi connectivity index (χ3n) is 3.32. The molecule has 2 aromatic rings. The summed E-state index contributed by atoms with van der Waals surface area (Å²) in [6, 6.07) is 14.3.